The summed E-state index contributed by atoms with van der Waals surface area (Å²) in [5.74, 6) is 0.684. The third-order valence-corrected chi connectivity index (χ3v) is 5.92. The molecule has 6 nitrogen and oxygen atoms in total. The Kier molecular flexibility index (Phi) is 5.18. The van der Waals surface area contributed by atoms with E-state index < -0.39 is 14.9 Å². The number of rotatable bonds is 5. The van der Waals surface area contributed by atoms with E-state index in [9.17, 15) is 18.5 Å². The molecule has 0 bridgehead atoms. The highest BCUT2D eigenvalue weighted by atomic mass is 32.2. The summed E-state index contributed by atoms with van der Waals surface area (Å²) in [5, 5.41) is 10.6. The van der Waals surface area contributed by atoms with Crippen LogP contribution in [0.3, 0.4) is 0 Å². The molecule has 1 fully saturated rings. The van der Waals surface area contributed by atoms with E-state index >= 15 is 0 Å². The van der Waals surface area contributed by atoms with Gasteiger partial charge in [-0.1, -0.05) is 38.8 Å². The van der Waals surface area contributed by atoms with Crippen molar-refractivity contribution in [2.45, 2.75) is 44.9 Å². The third-order valence-electron chi connectivity index (χ3n) is 4.54. The lowest BCUT2D eigenvalue weighted by Crippen LogP contribution is -2.44. The third kappa shape index (κ3) is 4.27. The van der Waals surface area contributed by atoms with Gasteiger partial charge < -0.3 is 0 Å². The van der Waals surface area contributed by atoms with E-state index in [2.05, 4.69) is 18.6 Å². The van der Waals surface area contributed by atoms with E-state index in [0.717, 1.165) is 19.3 Å². The van der Waals surface area contributed by atoms with Crippen molar-refractivity contribution in [3.63, 3.8) is 0 Å². The Hall–Kier alpha value is -1.47. The summed E-state index contributed by atoms with van der Waals surface area (Å²) in [6.07, 6.45) is 3.04. The van der Waals surface area contributed by atoms with E-state index in [-0.39, 0.29) is 17.5 Å². The molecule has 0 spiro atoms. The summed E-state index contributed by atoms with van der Waals surface area (Å²) in [6.45, 7) is 4.24. The van der Waals surface area contributed by atoms with Crippen molar-refractivity contribution in [2.24, 2.45) is 11.8 Å². The number of nitro benzene ring substituents is 1. The molecule has 0 aromatic heterocycles. The summed E-state index contributed by atoms with van der Waals surface area (Å²) >= 11 is 0. The van der Waals surface area contributed by atoms with Crippen LogP contribution in [-0.4, -0.2) is 19.4 Å². The van der Waals surface area contributed by atoms with Crippen LogP contribution in [0.4, 0.5) is 5.69 Å². The topological polar surface area (TPSA) is 89.3 Å². The van der Waals surface area contributed by atoms with Crippen molar-refractivity contribution >= 4 is 15.7 Å². The van der Waals surface area contributed by atoms with Gasteiger partial charge in [-0.3, -0.25) is 10.1 Å². The zero-order chi connectivity index (χ0) is 16.3. The van der Waals surface area contributed by atoms with Crippen LogP contribution in [0.15, 0.2) is 24.3 Å². The molecule has 3 atom stereocenters. The average Bonchev–Trinajstić information content (AvgIpc) is 2.44. The van der Waals surface area contributed by atoms with Crippen molar-refractivity contribution < 1.29 is 13.3 Å². The molecule has 1 aromatic carbocycles. The van der Waals surface area contributed by atoms with Crippen LogP contribution < -0.4 is 4.72 Å². The Labute approximate surface area is 131 Å². The SMILES string of the molecule is CC1CCCC(NS(=O)(=O)Cc2ccc([N+](=O)[O-])cc2)C1C. The highest BCUT2D eigenvalue weighted by Crippen LogP contribution is 2.30. The molecule has 122 valence electrons. The molecule has 1 N–H and O–H groups in total. The van der Waals surface area contributed by atoms with Gasteiger partial charge in [-0.2, -0.15) is 0 Å². The lowest BCUT2D eigenvalue weighted by Gasteiger charge is -2.34. The van der Waals surface area contributed by atoms with Gasteiger partial charge in [0.15, 0.2) is 0 Å². The molecule has 0 heterocycles. The molecule has 2 rings (SSSR count). The lowest BCUT2D eigenvalue weighted by atomic mass is 9.78. The Morgan fingerprint density at radius 3 is 2.45 bits per heavy atom. The number of hydrogen-bond donors (Lipinski definition) is 1. The van der Waals surface area contributed by atoms with Crippen LogP contribution in [-0.2, 0) is 15.8 Å². The van der Waals surface area contributed by atoms with E-state index in [0.29, 0.717) is 17.4 Å². The van der Waals surface area contributed by atoms with Crippen molar-refractivity contribution in [1.82, 2.24) is 4.72 Å². The Bertz CT molecular complexity index is 627. The maximum atomic E-state index is 12.3. The zero-order valence-corrected chi connectivity index (χ0v) is 13.7. The first-order chi connectivity index (χ1) is 10.3. The normalized spacial score (nSPS) is 25.8. The number of nitrogens with zero attached hydrogens (tertiary/aromatic N) is 1. The fourth-order valence-electron chi connectivity index (χ4n) is 2.95. The fourth-order valence-corrected chi connectivity index (χ4v) is 4.46. The second-order valence-electron chi connectivity index (χ2n) is 6.17. The van der Waals surface area contributed by atoms with Gasteiger partial charge in [0.1, 0.15) is 0 Å². The first-order valence-corrected chi connectivity index (χ1v) is 9.17. The molecular weight excluding hydrogens is 304 g/mol. The first-order valence-electron chi connectivity index (χ1n) is 7.52. The number of nitro groups is 1. The Morgan fingerprint density at radius 1 is 1.23 bits per heavy atom. The predicted octanol–water partition coefficient (Wildman–Crippen LogP) is 2.84. The predicted molar refractivity (Wildman–Crippen MR) is 84.8 cm³/mol. The maximum absolute atomic E-state index is 12.3. The molecule has 0 aliphatic heterocycles. The minimum Gasteiger partial charge on any atom is -0.258 e. The van der Waals surface area contributed by atoms with Gasteiger partial charge in [-0.25, -0.2) is 13.1 Å². The van der Waals surface area contributed by atoms with Gasteiger partial charge >= 0.3 is 0 Å². The Morgan fingerprint density at radius 2 is 1.86 bits per heavy atom. The molecule has 0 saturated heterocycles. The molecule has 1 aliphatic rings. The van der Waals surface area contributed by atoms with E-state index in [1.165, 1.54) is 24.3 Å². The quantitative estimate of drug-likeness (QED) is 0.665. The summed E-state index contributed by atoms with van der Waals surface area (Å²) in [6, 6.07) is 5.62. The lowest BCUT2D eigenvalue weighted by molar-refractivity contribution is -0.384. The molecule has 22 heavy (non-hydrogen) atoms. The summed E-state index contributed by atoms with van der Waals surface area (Å²) in [4.78, 5) is 10.1. The fraction of sp³-hybridized carbons (Fsp3) is 0.600. The monoisotopic (exact) mass is 326 g/mol. The van der Waals surface area contributed by atoms with Crippen molar-refractivity contribution in [2.75, 3.05) is 0 Å². The highest BCUT2D eigenvalue weighted by Gasteiger charge is 2.30. The molecule has 0 radical (unpaired) electrons. The molecular formula is C15H22N2O4S. The number of sulfonamides is 1. The second kappa shape index (κ2) is 6.75. The minimum atomic E-state index is -3.44. The van der Waals surface area contributed by atoms with Gasteiger partial charge in [-0.05, 0) is 23.8 Å². The summed E-state index contributed by atoms with van der Waals surface area (Å²) in [7, 11) is -3.44. The van der Waals surface area contributed by atoms with Gasteiger partial charge in [0.25, 0.3) is 5.69 Å². The van der Waals surface area contributed by atoms with E-state index in [4.69, 9.17) is 0 Å². The molecule has 1 aliphatic carbocycles. The van der Waals surface area contributed by atoms with Crippen LogP contribution >= 0.6 is 0 Å². The zero-order valence-electron chi connectivity index (χ0n) is 12.9. The van der Waals surface area contributed by atoms with Gasteiger partial charge in [0, 0.05) is 18.2 Å². The smallest absolute Gasteiger partial charge is 0.258 e. The summed E-state index contributed by atoms with van der Waals surface area (Å²) < 4.78 is 27.4. The molecule has 1 aromatic rings. The largest absolute Gasteiger partial charge is 0.269 e. The number of nitrogens with one attached hydrogen (secondary N) is 1. The molecule has 3 unspecified atom stereocenters. The van der Waals surface area contributed by atoms with Crippen molar-refractivity contribution in [1.29, 1.82) is 0 Å². The highest BCUT2D eigenvalue weighted by molar-refractivity contribution is 7.88. The van der Waals surface area contributed by atoms with Crippen LogP contribution in [0.2, 0.25) is 0 Å². The second-order valence-corrected chi connectivity index (χ2v) is 7.93. The molecule has 0 amide bonds. The van der Waals surface area contributed by atoms with Crippen molar-refractivity contribution in [3.8, 4) is 0 Å². The first kappa shape index (κ1) is 16.9. The number of hydrogen-bond acceptors (Lipinski definition) is 4. The standard InChI is InChI=1S/C15H22N2O4S/c1-11-4-3-5-15(12(11)2)16-22(20,21)10-13-6-8-14(9-7-13)17(18)19/h6-9,11-12,15-16H,3-5,10H2,1-2H3. The van der Waals surface area contributed by atoms with Crippen LogP contribution in [0.25, 0.3) is 0 Å². The number of non-ortho nitro benzene ring substituents is 1. The molecule has 1 saturated carbocycles. The van der Waals surface area contributed by atoms with Crippen molar-refractivity contribution in [3.05, 3.63) is 39.9 Å². The maximum Gasteiger partial charge on any atom is 0.269 e. The average molecular weight is 326 g/mol. The van der Waals surface area contributed by atoms with Crippen LogP contribution in [0, 0.1) is 22.0 Å². The summed E-state index contributed by atoms with van der Waals surface area (Å²) in [5.41, 5.74) is 0.512. The van der Waals surface area contributed by atoms with Gasteiger partial charge in [0.2, 0.25) is 10.0 Å². The van der Waals surface area contributed by atoms with E-state index in [1.54, 1.807) is 0 Å². The van der Waals surface area contributed by atoms with E-state index in [1.807, 2.05) is 0 Å². The molecule has 7 heteroatoms. The minimum absolute atomic E-state index is 0.0215. The Balaban J connectivity index is 2.03. The van der Waals surface area contributed by atoms with Crippen LogP contribution in [0.5, 0.6) is 0 Å². The van der Waals surface area contributed by atoms with Gasteiger partial charge in [-0.15, -0.1) is 0 Å². The van der Waals surface area contributed by atoms with Gasteiger partial charge in [0.05, 0.1) is 10.7 Å². The number of benzene rings is 1. The van der Waals surface area contributed by atoms with Crippen LogP contribution in [0.1, 0.15) is 38.7 Å².